The minimum Gasteiger partial charge on any atom is -0.387 e. The fraction of sp³-hybridized carbons (Fsp3) is 0.536. The van der Waals surface area contributed by atoms with E-state index in [-0.39, 0.29) is 11.8 Å². The summed E-state index contributed by atoms with van der Waals surface area (Å²) < 4.78 is 11.1. The fourth-order valence-corrected chi connectivity index (χ4v) is 4.76. The van der Waals surface area contributed by atoms with Gasteiger partial charge >= 0.3 is 18.1 Å². The maximum absolute atomic E-state index is 12.7. The lowest BCUT2D eigenvalue weighted by Crippen LogP contribution is -2.59. The standard InChI is InChI=1S/C28H42N6O6S/c1-17(35)31-24-32-20(21(41-24)15-16-22(36)30-8)14-11-18-9-12-19(13-10-18)33-28(26(2,3)4,39-23(29)37)40-25(38)34-27(5,6)7/h9-10,12-13,33H,11,14-16H2,1-8H3,(H2,29,37)(H,30,36)(H,34,38)(H,31,32,35). The number of primary amides is 1. The van der Waals surface area contributed by atoms with E-state index in [9.17, 15) is 19.2 Å². The van der Waals surface area contributed by atoms with Crippen molar-refractivity contribution in [3.05, 3.63) is 40.4 Å². The molecule has 1 unspecified atom stereocenters. The average molecular weight is 591 g/mol. The second-order valence-electron chi connectivity index (χ2n) is 11.6. The van der Waals surface area contributed by atoms with Gasteiger partial charge in [0, 0.05) is 36.5 Å². The number of benzene rings is 1. The molecule has 0 aliphatic carbocycles. The lowest BCUT2D eigenvalue weighted by molar-refractivity contribution is -0.202. The number of nitrogens with one attached hydrogen (secondary N) is 4. The number of rotatable bonds is 11. The number of anilines is 2. The predicted octanol–water partition coefficient (Wildman–Crippen LogP) is 4.30. The molecule has 2 aromatic rings. The van der Waals surface area contributed by atoms with Crippen LogP contribution in [0.5, 0.6) is 0 Å². The van der Waals surface area contributed by atoms with Crippen LogP contribution in [0, 0.1) is 5.41 Å². The Labute approximate surface area is 245 Å². The Morgan fingerprint density at radius 2 is 1.59 bits per heavy atom. The first-order valence-electron chi connectivity index (χ1n) is 13.3. The van der Waals surface area contributed by atoms with E-state index >= 15 is 0 Å². The molecule has 13 heteroatoms. The van der Waals surface area contributed by atoms with E-state index in [1.807, 2.05) is 12.1 Å². The molecule has 1 heterocycles. The van der Waals surface area contributed by atoms with Gasteiger partial charge in [-0.2, -0.15) is 0 Å². The van der Waals surface area contributed by atoms with Gasteiger partial charge in [-0.3, -0.25) is 9.59 Å². The third kappa shape index (κ3) is 10.6. The zero-order chi connectivity index (χ0) is 31.0. The third-order valence-corrected chi connectivity index (χ3v) is 6.85. The molecule has 0 fully saturated rings. The van der Waals surface area contributed by atoms with Crippen molar-refractivity contribution in [3.63, 3.8) is 0 Å². The molecule has 1 aromatic carbocycles. The van der Waals surface area contributed by atoms with Gasteiger partial charge in [0.15, 0.2) is 5.13 Å². The van der Waals surface area contributed by atoms with Crippen LogP contribution in [-0.4, -0.2) is 47.5 Å². The van der Waals surface area contributed by atoms with E-state index in [0.717, 1.165) is 16.1 Å². The number of hydrogen-bond donors (Lipinski definition) is 5. The number of alkyl carbamates (subject to hydrolysis) is 1. The Balaban J connectivity index is 2.23. The van der Waals surface area contributed by atoms with E-state index in [1.165, 1.54) is 18.3 Å². The van der Waals surface area contributed by atoms with Gasteiger partial charge in [-0.25, -0.2) is 14.6 Å². The molecule has 0 radical (unpaired) electrons. The lowest BCUT2D eigenvalue weighted by Gasteiger charge is -2.42. The molecular formula is C28H42N6O6S. The number of amides is 4. The van der Waals surface area contributed by atoms with Gasteiger partial charge in [-0.05, 0) is 57.7 Å². The minimum absolute atomic E-state index is 0.0694. The number of ether oxygens (including phenoxy) is 2. The summed E-state index contributed by atoms with van der Waals surface area (Å²) >= 11 is 1.37. The van der Waals surface area contributed by atoms with Crippen LogP contribution in [0.3, 0.4) is 0 Å². The number of thiazole rings is 1. The summed E-state index contributed by atoms with van der Waals surface area (Å²) in [5.41, 5.74) is 6.21. The molecule has 0 aliphatic heterocycles. The van der Waals surface area contributed by atoms with Gasteiger partial charge < -0.3 is 36.5 Å². The van der Waals surface area contributed by atoms with Gasteiger partial charge in [0.25, 0.3) is 0 Å². The van der Waals surface area contributed by atoms with Gasteiger partial charge in [0.2, 0.25) is 11.8 Å². The Kier molecular flexibility index (Phi) is 11.1. The summed E-state index contributed by atoms with van der Waals surface area (Å²) in [4.78, 5) is 53.4. The highest BCUT2D eigenvalue weighted by molar-refractivity contribution is 7.15. The van der Waals surface area contributed by atoms with E-state index in [2.05, 4.69) is 26.3 Å². The molecule has 0 spiro atoms. The highest BCUT2D eigenvalue weighted by atomic mass is 32.1. The molecule has 4 amide bonds. The monoisotopic (exact) mass is 590 g/mol. The average Bonchev–Trinajstić information content (AvgIpc) is 3.20. The smallest absolute Gasteiger partial charge is 0.387 e. The van der Waals surface area contributed by atoms with Crippen molar-refractivity contribution >= 4 is 46.2 Å². The van der Waals surface area contributed by atoms with Crippen molar-refractivity contribution in [3.8, 4) is 0 Å². The summed E-state index contributed by atoms with van der Waals surface area (Å²) in [6.45, 7) is 12.0. The molecule has 1 aromatic heterocycles. The summed E-state index contributed by atoms with van der Waals surface area (Å²) in [7, 11) is 1.59. The van der Waals surface area contributed by atoms with Crippen LogP contribution < -0.4 is 27.0 Å². The lowest BCUT2D eigenvalue weighted by atomic mass is 9.90. The first-order valence-corrected chi connectivity index (χ1v) is 14.1. The fourth-order valence-electron chi connectivity index (χ4n) is 3.71. The van der Waals surface area contributed by atoms with Gasteiger partial charge in [0.05, 0.1) is 11.1 Å². The summed E-state index contributed by atoms with van der Waals surface area (Å²) in [5, 5.41) is 11.6. The Morgan fingerprint density at radius 3 is 2.10 bits per heavy atom. The van der Waals surface area contributed by atoms with E-state index in [1.54, 1.807) is 60.7 Å². The Bertz CT molecular complexity index is 1230. The van der Waals surface area contributed by atoms with Crippen molar-refractivity contribution in [2.45, 2.75) is 85.6 Å². The minimum atomic E-state index is -1.91. The van der Waals surface area contributed by atoms with Crippen LogP contribution in [0.4, 0.5) is 20.4 Å². The van der Waals surface area contributed by atoms with E-state index < -0.39 is 29.1 Å². The first-order chi connectivity index (χ1) is 18.9. The van der Waals surface area contributed by atoms with Crippen molar-refractivity contribution in [1.29, 1.82) is 0 Å². The van der Waals surface area contributed by atoms with Crippen LogP contribution in [0.25, 0.3) is 0 Å². The third-order valence-electron chi connectivity index (χ3n) is 5.78. The van der Waals surface area contributed by atoms with Crippen LogP contribution in [0.1, 0.15) is 71.0 Å². The number of hydrogen-bond acceptors (Lipinski definition) is 9. The summed E-state index contributed by atoms with van der Waals surface area (Å²) in [6.07, 6.45) is 0.187. The Morgan fingerprint density at radius 1 is 0.951 bits per heavy atom. The number of aryl methyl sites for hydroxylation is 3. The van der Waals surface area contributed by atoms with Crippen molar-refractivity contribution < 1.29 is 28.7 Å². The maximum atomic E-state index is 12.7. The molecule has 0 saturated heterocycles. The molecule has 0 bridgehead atoms. The zero-order valence-electron chi connectivity index (χ0n) is 25.0. The number of aromatic nitrogens is 1. The molecular weight excluding hydrogens is 548 g/mol. The normalized spacial score (nSPS) is 13.0. The maximum Gasteiger partial charge on any atom is 0.412 e. The second-order valence-corrected chi connectivity index (χ2v) is 12.7. The second kappa shape index (κ2) is 13.7. The summed E-state index contributed by atoms with van der Waals surface area (Å²) in [6, 6.07) is 7.34. The molecule has 1 atom stereocenters. The van der Waals surface area contributed by atoms with Gasteiger partial charge in [-0.15, -0.1) is 11.3 Å². The largest absolute Gasteiger partial charge is 0.412 e. The molecule has 12 nitrogen and oxygen atoms in total. The SMILES string of the molecule is CNC(=O)CCc1sc(NC(C)=O)nc1CCc1ccc(NC(OC(N)=O)(OC(=O)NC(C)(C)C)C(C)(C)C)cc1. The van der Waals surface area contributed by atoms with Gasteiger partial charge in [-0.1, -0.05) is 32.9 Å². The quantitative estimate of drug-likeness (QED) is 0.241. The van der Waals surface area contributed by atoms with Crippen molar-refractivity contribution in [1.82, 2.24) is 15.6 Å². The van der Waals surface area contributed by atoms with Crippen LogP contribution in [-0.2, 0) is 38.3 Å². The summed E-state index contributed by atoms with van der Waals surface area (Å²) in [5.74, 6) is -2.19. The van der Waals surface area contributed by atoms with E-state index in [0.29, 0.717) is 36.5 Å². The topological polar surface area (TPSA) is 174 Å². The van der Waals surface area contributed by atoms with Crippen LogP contribution in [0.2, 0.25) is 0 Å². The highest BCUT2D eigenvalue weighted by Crippen LogP contribution is 2.37. The predicted molar refractivity (Wildman–Crippen MR) is 159 cm³/mol. The first kappa shape index (κ1) is 33.3. The Hall–Kier alpha value is -3.87. The molecule has 6 N–H and O–H groups in total. The number of nitrogens with zero attached hydrogens (tertiary/aromatic N) is 1. The van der Waals surface area contributed by atoms with Crippen molar-refractivity contribution in [2.24, 2.45) is 11.1 Å². The highest BCUT2D eigenvalue weighted by Gasteiger charge is 2.50. The van der Waals surface area contributed by atoms with Crippen LogP contribution >= 0.6 is 11.3 Å². The molecule has 226 valence electrons. The number of carbonyl (C=O) groups excluding carboxylic acids is 4. The van der Waals surface area contributed by atoms with Gasteiger partial charge in [0.1, 0.15) is 0 Å². The molecule has 41 heavy (non-hydrogen) atoms. The van der Waals surface area contributed by atoms with E-state index in [4.69, 9.17) is 15.2 Å². The molecule has 0 saturated carbocycles. The van der Waals surface area contributed by atoms with Crippen LogP contribution in [0.15, 0.2) is 24.3 Å². The molecule has 0 aliphatic rings. The van der Waals surface area contributed by atoms with Crippen molar-refractivity contribution in [2.75, 3.05) is 17.7 Å². The zero-order valence-corrected chi connectivity index (χ0v) is 25.8. The molecule has 2 rings (SSSR count). The number of carbonyl (C=O) groups is 4. The number of nitrogens with two attached hydrogens (primary N) is 1.